The summed E-state index contributed by atoms with van der Waals surface area (Å²) in [6, 6.07) is 2.39. The molecule has 1 amide bonds. The molecule has 0 aliphatic rings. The Labute approximate surface area is 166 Å². The number of benzene rings is 1. The number of alkyl halides is 3. The summed E-state index contributed by atoms with van der Waals surface area (Å²) in [7, 11) is 0. The van der Waals surface area contributed by atoms with Gasteiger partial charge in [0.2, 0.25) is 0 Å². The van der Waals surface area contributed by atoms with Crippen LogP contribution in [0.3, 0.4) is 0 Å². The minimum atomic E-state index is -4.91. The Hall–Kier alpha value is -2.97. The van der Waals surface area contributed by atoms with Crippen molar-refractivity contribution < 1.29 is 36.6 Å². The summed E-state index contributed by atoms with van der Waals surface area (Å²) in [4.78, 5) is 12.0. The Balaban J connectivity index is 2.69. The van der Waals surface area contributed by atoms with Gasteiger partial charge in [-0.25, -0.2) is 9.18 Å². The van der Waals surface area contributed by atoms with Crippen molar-refractivity contribution in [3.8, 4) is 11.5 Å². The van der Waals surface area contributed by atoms with Crippen molar-refractivity contribution in [1.29, 1.82) is 0 Å². The van der Waals surface area contributed by atoms with Crippen molar-refractivity contribution in [2.45, 2.75) is 39.7 Å². The molecule has 0 aromatic heterocycles. The van der Waals surface area contributed by atoms with Gasteiger partial charge in [-0.15, -0.1) is 13.2 Å². The molecule has 1 atom stereocenters. The highest BCUT2D eigenvalue weighted by Gasteiger charge is 2.31. The number of ether oxygens (including phenoxy) is 3. The van der Waals surface area contributed by atoms with Crippen LogP contribution in [0.1, 0.15) is 27.2 Å². The highest BCUT2D eigenvalue weighted by atomic mass is 19.4. The number of hydrogen-bond donors (Lipinski definition) is 1. The fourth-order valence-corrected chi connectivity index (χ4v) is 1.95. The molecule has 1 N–H and O–H groups in total. The molecule has 160 valence electrons. The van der Waals surface area contributed by atoms with E-state index in [0.717, 1.165) is 23.8 Å². The predicted octanol–water partition coefficient (Wildman–Crippen LogP) is 5.64. The first kappa shape index (κ1) is 24.1. The van der Waals surface area contributed by atoms with Crippen molar-refractivity contribution in [3.63, 3.8) is 0 Å². The first-order chi connectivity index (χ1) is 13.5. The van der Waals surface area contributed by atoms with Crippen LogP contribution in [0, 0.1) is 5.82 Å². The van der Waals surface area contributed by atoms with Gasteiger partial charge in [0.05, 0.1) is 0 Å². The lowest BCUT2D eigenvalue weighted by Gasteiger charge is -2.18. The van der Waals surface area contributed by atoms with Crippen LogP contribution in [0.4, 0.5) is 22.4 Å². The molecule has 5 nitrogen and oxygen atoms in total. The fraction of sp³-hybridized carbons (Fsp3) is 0.350. The molecule has 0 fully saturated rings. The smallest absolute Gasteiger partial charge is 0.487 e. The molecule has 29 heavy (non-hydrogen) atoms. The molecule has 0 aliphatic heterocycles. The molecule has 1 aromatic rings. The second-order valence-corrected chi connectivity index (χ2v) is 5.94. The van der Waals surface area contributed by atoms with E-state index in [1.54, 1.807) is 39.0 Å². The third-order valence-corrected chi connectivity index (χ3v) is 3.39. The van der Waals surface area contributed by atoms with E-state index in [1.807, 2.05) is 0 Å². The standard InChI is InChI=1S/C20H23F4NO4/c1-5-14(8-7-13(3)4)25-19(26)28-15(6-2)12-27-18-11-16(9-10-17(18)21)29-20(22,23)24/h5,7-11,15H,3,6,12H2,1-2,4H3,(H,25,26)/b8-7-,14-5+. The van der Waals surface area contributed by atoms with Gasteiger partial charge in [0, 0.05) is 11.8 Å². The van der Waals surface area contributed by atoms with Gasteiger partial charge in [0.1, 0.15) is 18.5 Å². The van der Waals surface area contributed by atoms with Crippen LogP contribution in [0.15, 0.2) is 54.3 Å². The summed E-state index contributed by atoms with van der Waals surface area (Å²) in [5.74, 6) is -1.95. The van der Waals surface area contributed by atoms with Gasteiger partial charge in [-0.05, 0) is 38.5 Å². The van der Waals surface area contributed by atoms with Crippen molar-refractivity contribution in [3.05, 3.63) is 60.1 Å². The van der Waals surface area contributed by atoms with Gasteiger partial charge in [-0.3, -0.25) is 5.32 Å². The van der Waals surface area contributed by atoms with Crippen LogP contribution in [0.5, 0.6) is 11.5 Å². The Bertz CT molecular complexity index is 772. The van der Waals surface area contributed by atoms with Gasteiger partial charge in [0.15, 0.2) is 11.6 Å². The summed E-state index contributed by atoms with van der Waals surface area (Å²) in [5, 5.41) is 2.53. The molecule has 1 aromatic carbocycles. The van der Waals surface area contributed by atoms with Gasteiger partial charge in [-0.1, -0.05) is 31.2 Å². The monoisotopic (exact) mass is 417 g/mol. The number of hydrogen-bond acceptors (Lipinski definition) is 4. The summed E-state index contributed by atoms with van der Waals surface area (Å²) in [5.41, 5.74) is 1.27. The van der Waals surface area contributed by atoms with E-state index in [-0.39, 0.29) is 6.61 Å². The van der Waals surface area contributed by atoms with Gasteiger partial charge < -0.3 is 14.2 Å². The second-order valence-electron chi connectivity index (χ2n) is 5.94. The normalized spacial score (nSPS) is 13.1. The molecular formula is C20H23F4NO4. The third-order valence-electron chi connectivity index (χ3n) is 3.39. The minimum absolute atomic E-state index is 0.261. The highest BCUT2D eigenvalue weighted by molar-refractivity contribution is 5.70. The number of halogens is 4. The Morgan fingerprint density at radius 2 is 2.00 bits per heavy atom. The highest BCUT2D eigenvalue weighted by Crippen LogP contribution is 2.28. The third kappa shape index (κ3) is 9.68. The first-order valence-corrected chi connectivity index (χ1v) is 8.69. The lowest BCUT2D eigenvalue weighted by molar-refractivity contribution is -0.274. The SMILES string of the molecule is C=C(C)/C=C\C(=C/C)NC(=O)OC(CC)COc1cc(OC(F)(F)F)ccc1F. The van der Waals surface area contributed by atoms with Crippen LogP contribution in [0.2, 0.25) is 0 Å². The molecule has 0 aliphatic carbocycles. The zero-order valence-electron chi connectivity index (χ0n) is 16.3. The maximum atomic E-state index is 13.8. The van der Waals surface area contributed by atoms with Gasteiger partial charge >= 0.3 is 12.5 Å². The lowest BCUT2D eigenvalue weighted by Crippen LogP contribution is -2.31. The zero-order chi connectivity index (χ0) is 22.0. The summed E-state index contributed by atoms with van der Waals surface area (Å²) >= 11 is 0. The van der Waals surface area contributed by atoms with Crippen LogP contribution >= 0.6 is 0 Å². The minimum Gasteiger partial charge on any atom is -0.487 e. The number of alkyl carbamates (subject to hydrolysis) is 1. The largest absolute Gasteiger partial charge is 0.573 e. The van der Waals surface area contributed by atoms with Crippen LogP contribution in [-0.4, -0.2) is 25.2 Å². The first-order valence-electron chi connectivity index (χ1n) is 8.69. The molecule has 0 spiro atoms. The number of nitrogens with one attached hydrogen (secondary N) is 1. The zero-order valence-corrected chi connectivity index (χ0v) is 16.3. The van der Waals surface area contributed by atoms with Gasteiger partial charge in [0.25, 0.3) is 0 Å². The molecule has 0 bridgehead atoms. The van der Waals surface area contributed by atoms with Crippen molar-refractivity contribution in [2.24, 2.45) is 0 Å². The molecule has 1 unspecified atom stereocenters. The number of carbonyl (C=O) groups is 1. The van der Waals surface area contributed by atoms with Crippen molar-refractivity contribution in [1.82, 2.24) is 5.32 Å². The summed E-state index contributed by atoms with van der Waals surface area (Å²) in [6.07, 6.45) is -1.09. The average molecular weight is 417 g/mol. The van der Waals surface area contributed by atoms with E-state index in [1.165, 1.54) is 0 Å². The molecule has 9 heteroatoms. The molecule has 0 saturated carbocycles. The Morgan fingerprint density at radius 1 is 1.31 bits per heavy atom. The van der Waals surface area contributed by atoms with E-state index in [4.69, 9.17) is 9.47 Å². The molecule has 0 radical (unpaired) electrons. The van der Waals surface area contributed by atoms with Gasteiger partial charge in [-0.2, -0.15) is 0 Å². The Morgan fingerprint density at radius 3 is 2.55 bits per heavy atom. The Kier molecular flexibility index (Phi) is 9.24. The molecular weight excluding hydrogens is 394 g/mol. The van der Waals surface area contributed by atoms with E-state index < -0.39 is 35.9 Å². The number of rotatable bonds is 9. The summed E-state index contributed by atoms with van der Waals surface area (Å²) in [6.45, 7) is 8.67. The van der Waals surface area contributed by atoms with Crippen LogP contribution in [-0.2, 0) is 4.74 Å². The van der Waals surface area contributed by atoms with Crippen molar-refractivity contribution in [2.75, 3.05) is 6.61 Å². The van der Waals surface area contributed by atoms with E-state index >= 15 is 0 Å². The van der Waals surface area contributed by atoms with E-state index in [9.17, 15) is 22.4 Å². The fourth-order valence-electron chi connectivity index (χ4n) is 1.95. The molecule has 0 heterocycles. The quantitative estimate of drug-likeness (QED) is 0.417. The van der Waals surface area contributed by atoms with Crippen LogP contribution < -0.4 is 14.8 Å². The number of carbonyl (C=O) groups excluding carboxylic acids is 1. The topological polar surface area (TPSA) is 56.8 Å². The summed E-state index contributed by atoms with van der Waals surface area (Å²) < 4.78 is 64.8. The van der Waals surface area contributed by atoms with E-state index in [0.29, 0.717) is 12.1 Å². The average Bonchev–Trinajstić information content (AvgIpc) is 2.62. The van der Waals surface area contributed by atoms with Crippen LogP contribution in [0.25, 0.3) is 0 Å². The maximum Gasteiger partial charge on any atom is 0.573 e. The maximum absolute atomic E-state index is 13.8. The lowest BCUT2D eigenvalue weighted by atomic mass is 10.2. The second kappa shape index (κ2) is 11.1. The van der Waals surface area contributed by atoms with E-state index in [2.05, 4.69) is 16.6 Å². The molecule has 0 saturated heterocycles. The number of allylic oxidation sites excluding steroid dienone is 4. The van der Waals surface area contributed by atoms with Crippen molar-refractivity contribution >= 4 is 6.09 Å². The predicted molar refractivity (Wildman–Crippen MR) is 100.0 cm³/mol. The number of amides is 1. The molecule has 1 rings (SSSR count).